The molecule has 0 aromatic heterocycles. The van der Waals surface area contributed by atoms with Gasteiger partial charge in [-0.3, -0.25) is 9.35 Å². The van der Waals surface area contributed by atoms with E-state index < -0.39 is 27.6 Å². The van der Waals surface area contributed by atoms with Crippen LogP contribution in [0.5, 0.6) is 0 Å². The Morgan fingerprint density at radius 2 is 2.00 bits per heavy atom. The van der Waals surface area contributed by atoms with Gasteiger partial charge in [-0.2, -0.15) is 8.42 Å². The van der Waals surface area contributed by atoms with Crippen molar-refractivity contribution < 1.29 is 17.8 Å². The van der Waals surface area contributed by atoms with Crippen LogP contribution < -0.4 is 0 Å². The van der Waals surface area contributed by atoms with Crippen molar-refractivity contribution in [1.82, 2.24) is 0 Å². The molecule has 0 radical (unpaired) electrons. The first kappa shape index (κ1) is 11.7. The van der Waals surface area contributed by atoms with Crippen LogP contribution in [-0.2, 0) is 14.9 Å². The van der Waals surface area contributed by atoms with Crippen LogP contribution in [0.3, 0.4) is 0 Å². The molecule has 0 amide bonds. The van der Waals surface area contributed by atoms with Crippen LogP contribution >= 0.6 is 0 Å². The molecule has 1 atom stereocenters. The molecule has 7 heteroatoms. The maximum absolute atomic E-state index is 11.5. The van der Waals surface area contributed by atoms with Crippen LogP contribution in [0.25, 0.3) is 0 Å². The van der Waals surface area contributed by atoms with Gasteiger partial charge in [0.25, 0.3) is 10.1 Å². The van der Waals surface area contributed by atoms with Gasteiger partial charge >= 0.3 is 0 Å². The standard InChI is InChI=1S/C10H9NO5S/c12-8-5-9(17(14,15)16)6-3-1-2-4-7(6)10(8)11-13/h1-4,9,13H,5H2,(H,14,15,16)/p-1/b11-10-. The van der Waals surface area contributed by atoms with Crippen LogP contribution in [0.4, 0.5) is 0 Å². The number of benzene rings is 1. The van der Waals surface area contributed by atoms with Crippen molar-refractivity contribution >= 4 is 21.6 Å². The molecule has 0 fully saturated rings. The highest BCUT2D eigenvalue weighted by atomic mass is 32.2. The number of ketones is 1. The summed E-state index contributed by atoms with van der Waals surface area (Å²) in [6.45, 7) is 0. The number of Topliss-reactive ketones (excluding diaryl/α,β-unsaturated/α-hetero) is 1. The van der Waals surface area contributed by atoms with Gasteiger partial charge in [0.15, 0.2) is 5.78 Å². The van der Waals surface area contributed by atoms with Gasteiger partial charge in [0.1, 0.15) is 11.0 Å². The first-order valence-corrected chi connectivity index (χ1v) is 6.24. The van der Waals surface area contributed by atoms with Crippen LogP contribution in [0.15, 0.2) is 29.4 Å². The quantitative estimate of drug-likeness (QED) is 0.591. The molecule has 2 rings (SSSR count). The van der Waals surface area contributed by atoms with Gasteiger partial charge in [-0.25, -0.2) is 0 Å². The van der Waals surface area contributed by atoms with Gasteiger partial charge < -0.3 is 10.4 Å². The number of carbonyl (C=O) groups excluding carboxylic acids is 1. The summed E-state index contributed by atoms with van der Waals surface area (Å²) in [6, 6.07) is 6.01. The monoisotopic (exact) mass is 254 g/mol. The fraction of sp³-hybridized carbons (Fsp3) is 0.200. The van der Waals surface area contributed by atoms with Crippen molar-refractivity contribution in [2.45, 2.75) is 11.7 Å². The molecule has 0 bridgehead atoms. The van der Waals surface area contributed by atoms with Crippen LogP contribution in [0.2, 0.25) is 0 Å². The zero-order valence-electron chi connectivity index (χ0n) is 8.53. The van der Waals surface area contributed by atoms with Crippen molar-refractivity contribution in [3.8, 4) is 0 Å². The largest absolute Gasteiger partial charge is 0.791 e. The molecule has 1 aromatic carbocycles. The summed E-state index contributed by atoms with van der Waals surface area (Å²) in [6.07, 6.45) is -0.461. The van der Waals surface area contributed by atoms with Crippen LogP contribution in [-0.4, -0.2) is 24.5 Å². The molecular weight excluding hydrogens is 246 g/mol. The molecule has 1 aliphatic carbocycles. The minimum atomic E-state index is -4.38. The number of hydrogen-bond donors (Lipinski definition) is 1. The summed E-state index contributed by atoms with van der Waals surface area (Å²) < 4.78 is 31.4. The van der Waals surface area contributed by atoms with E-state index in [1.54, 1.807) is 12.1 Å². The number of hydrogen-bond acceptors (Lipinski definition) is 5. The van der Waals surface area contributed by atoms with E-state index in [1.165, 1.54) is 12.1 Å². The molecule has 1 N–H and O–H groups in total. The Labute approximate surface area is 97.3 Å². The normalized spacial score (nSPS) is 22.5. The third kappa shape index (κ3) is 1.94. The van der Waals surface area contributed by atoms with Gasteiger partial charge in [-0.15, -0.1) is 0 Å². The lowest BCUT2D eigenvalue weighted by atomic mass is 9.89. The maximum Gasteiger partial charge on any atom is 0.272 e. The maximum atomic E-state index is 11.5. The molecular formula is C10H8NO5S-. The van der Waals surface area contributed by atoms with Crippen molar-refractivity contribution in [2.24, 2.45) is 5.16 Å². The van der Waals surface area contributed by atoms with Crippen molar-refractivity contribution in [1.29, 1.82) is 0 Å². The number of carbonyl (C=O) groups is 1. The number of fused-ring (bicyclic) bond motifs is 1. The zero-order valence-corrected chi connectivity index (χ0v) is 9.35. The first-order chi connectivity index (χ1) is 7.95. The van der Waals surface area contributed by atoms with Crippen LogP contribution in [0.1, 0.15) is 22.8 Å². The summed E-state index contributed by atoms with van der Waals surface area (Å²) in [4.78, 5) is 11.5. The van der Waals surface area contributed by atoms with E-state index in [4.69, 9.17) is 4.55 Å². The van der Waals surface area contributed by atoms with E-state index in [-0.39, 0.29) is 16.8 Å². The Morgan fingerprint density at radius 3 is 2.59 bits per heavy atom. The molecule has 0 aliphatic heterocycles. The number of nitrogens with zero attached hydrogens (tertiary/aromatic N) is 1. The highest BCUT2D eigenvalue weighted by Crippen LogP contribution is 2.33. The second kappa shape index (κ2) is 3.94. The smallest absolute Gasteiger partial charge is 0.272 e. The summed E-state index contributed by atoms with van der Waals surface area (Å²) in [5.41, 5.74) is 0.103. The highest BCUT2D eigenvalue weighted by molar-refractivity contribution is 7.86. The topological polar surface area (TPSA) is 107 Å². The van der Waals surface area contributed by atoms with E-state index in [2.05, 4.69) is 5.16 Å². The predicted molar refractivity (Wildman–Crippen MR) is 60.3 cm³/mol. The SMILES string of the molecule is O=C1CC(S(=O)(=O)O)c2ccccc2/C1=N/[O-]. The highest BCUT2D eigenvalue weighted by Gasteiger charge is 2.36. The van der Waals surface area contributed by atoms with E-state index in [0.717, 1.165) is 0 Å². The summed E-state index contributed by atoms with van der Waals surface area (Å²) in [7, 11) is -4.38. The summed E-state index contributed by atoms with van der Waals surface area (Å²) >= 11 is 0. The first-order valence-electron chi connectivity index (χ1n) is 4.74. The van der Waals surface area contributed by atoms with E-state index in [1.807, 2.05) is 0 Å². The fourth-order valence-electron chi connectivity index (χ4n) is 1.88. The molecule has 0 saturated heterocycles. The minimum Gasteiger partial charge on any atom is -0.791 e. The Kier molecular flexibility index (Phi) is 2.72. The van der Waals surface area contributed by atoms with Crippen LogP contribution in [0, 0.1) is 5.21 Å². The van der Waals surface area contributed by atoms with Crippen molar-refractivity contribution in [3.05, 3.63) is 40.6 Å². The third-order valence-corrected chi connectivity index (χ3v) is 3.79. The molecule has 0 saturated carbocycles. The molecule has 1 aliphatic rings. The average molecular weight is 254 g/mol. The van der Waals surface area contributed by atoms with E-state index >= 15 is 0 Å². The third-order valence-electron chi connectivity index (χ3n) is 2.65. The minimum absolute atomic E-state index is 0.168. The second-order valence-electron chi connectivity index (χ2n) is 3.66. The summed E-state index contributed by atoms with van der Waals surface area (Å²) in [5.74, 6) is -0.679. The fourth-order valence-corrected chi connectivity index (χ4v) is 2.77. The Hall–Kier alpha value is -1.73. The zero-order chi connectivity index (χ0) is 12.6. The lowest BCUT2D eigenvalue weighted by Gasteiger charge is -2.24. The summed E-state index contributed by atoms with van der Waals surface area (Å²) in [5, 5.41) is 11.9. The van der Waals surface area contributed by atoms with Crippen molar-refractivity contribution in [3.63, 3.8) is 0 Å². The van der Waals surface area contributed by atoms with Gasteiger partial charge in [0.2, 0.25) is 0 Å². The lowest BCUT2D eigenvalue weighted by Crippen LogP contribution is -2.29. The molecule has 0 heterocycles. The van der Waals surface area contributed by atoms with Gasteiger partial charge in [-0.05, 0) is 5.56 Å². The molecule has 17 heavy (non-hydrogen) atoms. The van der Waals surface area contributed by atoms with Gasteiger partial charge in [-0.1, -0.05) is 24.3 Å². The van der Waals surface area contributed by atoms with Gasteiger partial charge in [0.05, 0.1) is 0 Å². The van der Waals surface area contributed by atoms with E-state index in [9.17, 15) is 18.4 Å². The second-order valence-corrected chi connectivity index (χ2v) is 5.26. The van der Waals surface area contributed by atoms with Gasteiger partial charge in [0, 0.05) is 12.0 Å². The Bertz CT molecular complexity index is 605. The Balaban J connectivity index is 2.69. The predicted octanol–water partition coefficient (Wildman–Crippen LogP) is 0.875. The molecule has 1 aromatic rings. The Morgan fingerprint density at radius 1 is 1.35 bits per heavy atom. The molecule has 90 valence electrons. The van der Waals surface area contributed by atoms with Crippen molar-refractivity contribution in [2.75, 3.05) is 0 Å². The molecule has 1 unspecified atom stereocenters. The lowest BCUT2D eigenvalue weighted by molar-refractivity contribution is -0.113. The molecule has 6 nitrogen and oxygen atoms in total. The average Bonchev–Trinajstić information content (AvgIpc) is 2.27. The number of rotatable bonds is 1. The molecule has 0 spiro atoms. The van der Waals surface area contributed by atoms with E-state index in [0.29, 0.717) is 0 Å².